The molecule has 0 radical (unpaired) electrons. The van der Waals surface area contributed by atoms with E-state index in [1.165, 1.54) is 10.1 Å². The quantitative estimate of drug-likeness (QED) is 0.272. The maximum absolute atomic E-state index is 13.1. The molecule has 10 heteroatoms. The summed E-state index contributed by atoms with van der Waals surface area (Å²) in [6.45, 7) is 2.69. The molecule has 10 nitrogen and oxygen atoms in total. The lowest BCUT2D eigenvalue weighted by Gasteiger charge is -2.19. The number of anilines is 3. The van der Waals surface area contributed by atoms with E-state index in [0.717, 1.165) is 47.4 Å². The van der Waals surface area contributed by atoms with Crippen LogP contribution in [0.5, 0.6) is 0 Å². The number of nitrogens with one attached hydrogen (secondary N) is 2. The standard InChI is InChI=1S/C33H34N8O2/c1-39(2)20-23-7-9-26(10-8-23)37-33-35-19-25-17-28(11-12-30(25)38-33)40-16-13-27(22-40)36-31(42)29-6-4-15-41(32(29)43)21-24-5-3-14-34-18-24/h3-12,14-15,17-19,27H,13,16,20-22H2,1-2H3,(H,36,42)(H,35,37,38). The molecule has 2 N–H and O–H groups in total. The summed E-state index contributed by atoms with van der Waals surface area (Å²) < 4.78 is 1.53. The van der Waals surface area contributed by atoms with E-state index >= 15 is 0 Å². The highest BCUT2D eigenvalue weighted by Crippen LogP contribution is 2.25. The number of aromatic nitrogens is 4. The van der Waals surface area contributed by atoms with Crippen molar-refractivity contribution in [2.24, 2.45) is 0 Å². The second-order valence-electron chi connectivity index (χ2n) is 11.1. The van der Waals surface area contributed by atoms with Crippen LogP contribution in [0, 0.1) is 0 Å². The second kappa shape index (κ2) is 12.4. The molecule has 4 heterocycles. The van der Waals surface area contributed by atoms with Crippen molar-refractivity contribution in [2.75, 3.05) is 37.4 Å². The van der Waals surface area contributed by atoms with E-state index in [1.807, 2.05) is 42.6 Å². The number of fused-ring (bicyclic) bond motifs is 1. The topological polar surface area (TPSA) is 108 Å². The zero-order chi connectivity index (χ0) is 29.8. The third kappa shape index (κ3) is 6.70. The van der Waals surface area contributed by atoms with Gasteiger partial charge in [-0.15, -0.1) is 0 Å². The fourth-order valence-corrected chi connectivity index (χ4v) is 5.36. The molecule has 1 aliphatic rings. The van der Waals surface area contributed by atoms with Crippen LogP contribution < -0.4 is 21.1 Å². The van der Waals surface area contributed by atoms with Gasteiger partial charge < -0.3 is 25.0 Å². The molecule has 2 aromatic carbocycles. The number of carbonyl (C=O) groups is 1. The third-order valence-electron chi connectivity index (χ3n) is 7.50. The highest BCUT2D eigenvalue weighted by Gasteiger charge is 2.26. The average molecular weight is 575 g/mol. The SMILES string of the molecule is CN(C)Cc1ccc(Nc2ncc3cc(N4CCC(NC(=O)c5cccn(Cc6cccnc6)c5=O)C4)ccc3n2)cc1. The molecule has 1 atom stereocenters. The summed E-state index contributed by atoms with van der Waals surface area (Å²) in [6.07, 6.45) is 7.71. The van der Waals surface area contributed by atoms with Crippen molar-refractivity contribution in [1.29, 1.82) is 0 Å². The van der Waals surface area contributed by atoms with Gasteiger partial charge >= 0.3 is 0 Å². The predicted octanol–water partition coefficient (Wildman–Crippen LogP) is 4.05. The maximum atomic E-state index is 13.1. The van der Waals surface area contributed by atoms with Gasteiger partial charge in [0.05, 0.1) is 12.1 Å². The number of carbonyl (C=O) groups excluding carboxylic acids is 1. The molecule has 0 spiro atoms. The second-order valence-corrected chi connectivity index (χ2v) is 11.1. The zero-order valence-electron chi connectivity index (χ0n) is 24.3. The first kappa shape index (κ1) is 28.0. The number of hydrogen-bond acceptors (Lipinski definition) is 8. The first-order chi connectivity index (χ1) is 20.9. The molecular formula is C33H34N8O2. The fourth-order valence-electron chi connectivity index (χ4n) is 5.36. The van der Waals surface area contributed by atoms with Crippen LogP contribution >= 0.6 is 0 Å². The van der Waals surface area contributed by atoms with Gasteiger partial charge in [0, 0.05) is 67.2 Å². The van der Waals surface area contributed by atoms with Gasteiger partial charge in [-0.1, -0.05) is 18.2 Å². The number of hydrogen-bond donors (Lipinski definition) is 2. The number of pyridine rings is 2. The van der Waals surface area contributed by atoms with Crippen LogP contribution in [-0.2, 0) is 13.1 Å². The number of benzene rings is 2. The minimum absolute atomic E-state index is 0.0680. The van der Waals surface area contributed by atoms with E-state index < -0.39 is 0 Å². The summed E-state index contributed by atoms with van der Waals surface area (Å²) in [4.78, 5) is 43.8. The predicted molar refractivity (Wildman–Crippen MR) is 169 cm³/mol. The van der Waals surface area contributed by atoms with Crippen molar-refractivity contribution in [2.45, 2.75) is 25.6 Å². The van der Waals surface area contributed by atoms with Crippen LogP contribution in [0.4, 0.5) is 17.3 Å². The monoisotopic (exact) mass is 574 g/mol. The fraction of sp³-hybridized carbons (Fsp3) is 0.242. The van der Waals surface area contributed by atoms with E-state index in [2.05, 4.69) is 62.7 Å². The van der Waals surface area contributed by atoms with Crippen molar-refractivity contribution in [3.05, 3.63) is 119 Å². The molecule has 1 saturated heterocycles. The number of amides is 1. The zero-order valence-corrected chi connectivity index (χ0v) is 24.3. The van der Waals surface area contributed by atoms with Gasteiger partial charge in [0.15, 0.2) is 0 Å². The lowest BCUT2D eigenvalue weighted by atomic mass is 10.2. The first-order valence-electron chi connectivity index (χ1n) is 14.3. The van der Waals surface area contributed by atoms with Gasteiger partial charge in [-0.05, 0) is 80.2 Å². The third-order valence-corrected chi connectivity index (χ3v) is 7.50. The molecular weight excluding hydrogens is 540 g/mol. The Morgan fingerprint density at radius 3 is 2.67 bits per heavy atom. The molecule has 3 aromatic heterocycles. The Morgan fingerprint density at radius 2 is 1.88 bits per heavy atom. The van der Waals surface area contributed by atoms with Crippen LogP contribution in [0.3, 0.4) is 0 Å². The lowest BCUT2D eigenvalue weighted by molar-refractivity contribution is 0.0938. The molecule has 1 aliphatic heterocycles. The molecule has 43 heavy (non-hydrogen) atoms. The van der Waals surface area contributed by atoms with Gasteiger partial charge in [-0.2, -0.15) is 0 Å². The molecule has 0 aliphatic carbocycles. The lowest BCUT2D eigenvalue weighted by Crippen LogP contribution is -2.40. The molecule has 0 saturated carbocycles. The van der Waals surface area contributed by atoms with Crippen LogP contribution in [0.25, 0.3) is 10.9 Å². The van der Waals surface area contributed by atoms with Crippen molar-refractivity contribution in [3.8, 4) is 0 Å². The normalized spacial score (nSPS) is 14.8. The van der Waals surface area contributed by atoms with Crippen LogP contribution in [0.15, 0.2) is 96.3 Å². The summed E-state index contributed by atoms with van der Waals surface area (Å²) in [6, 6.07) is 21.4. The number of nitrogens with zero attached hydrogens (tertiary/aromatic N) is 6. The van der Waals surface area contributed by atoms with Gasteiger partial charge in [-0.25, -0.2) is 9.97 Å². The van der Waals surface area contributed by atoms with Gasteiger partial charge in [-0.3, -0.25) is 14.6 Å². The van der Waals surface area contributed by atoms with E-state index in [1.54, 1.807) is 30.7 Å². The Labute approximate surface area is 250 Å². The molecule has 1 unspecified atom stereocenters. The van der Waals surface area contributed by atoms with Crippen molar-refractivity contribution >= 4 is 34.1 Å². The van der Waals surface area contributed by atoms with E-state index in [4.69, 9.17) is 4.98 Å². The minimum atomic E-state index is -0.350. The highest BCUT2D eigenvalue weighted by atomic mass is 16.2. The average Bonchev–Trinajstić information content (AvgIpc) is 3.47. The number of rotatable bonds is 9. The van der Waals surface area contributed by atoms with Crippen LogP contribution in [0.1, 0.15) is 27.9 Å². The molecule has 0 bridgehead atoms. The van der Waals surface area contributed by atoms with E-state index in [-0.39, 0.29) is 23.1 Å². The van der Waals surface area contributed by atoms with Crippen LogP contribution in [-0.4, -0.2) is 63.6 Å². The Kier molecular flexibility index (Phi) is 8.10. The van der Waals surface area contributed by atoms with Crippen molar-refractivity contribution < 1.29 is 4.79 Å². The van der Waals surface area contributed by atoms with Gasteiger partial charge in [0.25, 0.3) is 11.5 Å². The first-order valence-corrected chi connectivity index (χ1v) is 14.3. The Hall–Kier alpha value is -5.09. The summed E-state index contributed by atoms with van der Waals surface area (Å²) >= 11 is 0. The van der Waals surface area contributed by atoms with E-state index in [9.17, 15) is 9.59 Å². The molecule has 1 fully saturated rings. The molecule has 1 amide bonds. The minimum Gasteiger partial charge on any atom is -0.369 e. The highest BCUT2D eigenvalue weighted by molar-refractivity contribution is 5.94. The smallest absolute Gasteiger partial charge is 0.263 e. The summed E-state index contributed by atoms with van der Waals surface area (Å²) in [5, 5.41) is 7.30. The maximum Gasteiger partial charge on any atom is 0.263 e. The van der Waals surface area contributed by atoms with Gasteiger partial charge in [0.1, 0.15) is 5.56 Å². The summed E-state index contributed by atoms with van der Waals surface area (Å²) in [5.74, 6) is 0.196. The summed E-state index contributed by atoms with van der Waals surface area (Å²) in [7, 11) is 4.10. The molecule has 5 aromatic rings. The van der Waals surface area contributed by atoms with Crippen molar-refractivity contribution in [1.82, 2.24) is 29.7 Å². The Morgan fingerprint density at radius 1 is 1.02 bits per heavy atom. The summed E-state index contributed by atoms with van der Waals surface area (Å²) in [5.41, 5.74) is 4.79. The van der Waals surface area contributed by atoms with Crippen molar-refractivity contribution in [3.63, 3.8) is 0 Å². The molecule has 218 valence electrons. The van der Waals surface area contributed by atoms with Crippen LogP contribution in [0.2, 0.25) is 0 Å². The Balaban J connectivity index is 1.08. The Bertz CT molecular complexity index is 1790. The van der Waals surface area contributed by atoms with E-state index in [0.29, 0.717) is 19.0 Å². The molecule has 6 rings (SSSR count). The van der Waals surface area contributed by atoms with Gasteiger partial charge in [0.2, 0.25) is 5.95 Å². The largest absolute Gasteiger partial charge is 0.369 e.